The Balaban J connectivity index is 2.23. The Morgan fingerprint density at radius 3 is 2.78 bits per heavy atom. The highest BCUT2D eigenvalue weighted by atomic mass is 35.5. The van der Waals surface area contributed by atoms with Crippen LogP contribution in [0.2, 0.25) is 5.02 Å². The van der Waals surface area contributed by atoms with Gasteiger partial charge in [0.05, 0.1) is 5.25 Å². The third kappa shape index (κ3) is 3.48. The summed E-state index contributed by atoms with van der Waals surface area (Å²) in [4.78, 5) is 4.47. The van der Waals surface area contributed by atoms with Crippen molar-refractivity contribution < 1.29 is 0 Å². The van der Waals surface area contributed by atoms with Gasteiger partial charge in [-0.1, -0.05) is 35.5 Å². The lowest BCUT2D eigenvalue weighted by atomic mass is 10.1. The van der Waals surface area contributed by atoms with E-state index in [2.05, 4.69) is 16.4 Å². The van der Waals surface area contributed by atoms with Crippen LogP contribution in [0.25, 0.3) is 0 Å². The maximum atomic E-state index is 6.09. The van der Waals surface area contributed by atoms with Crippen molar-refractivity contribution in [3.63, 3.8) is 0 Å². The molecule has 1 heterocycles. The van der Waals surface area contributed by atoms with Gasteiger partial charge in [0, 0.05) is 22.1 Å². The van der Waals surface area contributed by atoms with Crippen LogP contribution in [0.1, 0.15) is 23.4 Å². The molecule has 1 aromatic carbocycles. The van der Waals surface area contributed by atoms with Gasteiger partial charge in [0.15, 0.2) is 4.34 Å². The van der Waals surface area contributed by atoms with E-state index in [0.29, 0.717) is 0 Å². The molecule has 0 spiro atoms. The molecule has 2 atom stereocenters. The Morgan fingerprint density at radius 2 is 2.22 bits per heavy atom. The summed E-state index contributed by atoms with van der Waals surface area (Å²) in [5, 5.41) is 2.97. The molecule has 0 aliphatic carbocycles. The third-order valence-electron chi connectivity index (χ3n) is 2.48. The molecule has 2 N–H and O–H groups in total. The molecule has 1 aromatic heterocycles. The number of hydrogen-bond donors (Lipinski definition) is 1. The molecule has 0 aliphatic heterocycles. The highest BCUT2D eigenvalue weighted by Crippen LogP contribution is 2.39. The first-order valence-electron chi connectivity index (χ1n) is 5.66. The molecule has 0 bridgehead atoms. The molecule has 2 rings (SSSR count). The van der Waals surface area contributed by atoms with Crippen molar-refractivity contribution in [3.8, 4) is 0 Å². The first kappa shape index (κ1) is 13.9. The van der Waals surface area contributed by atoms with Gasteiger partial charge < -0.3 is 5.73 Å². The smallest absolute Gasteiger partial charge is 0.150 e. The summed E-state index contributed by atoms with van der Waals surface area (Å²) in [6.07, 6.45) is 0. The maximum absolute atomic E-state index is 6.09. The molecule has 5 heteroatoms. The van der Waals surface area contributed by atoms with Gasteiger partial charge in [0.2, 0.25) is 0 Å². The number of aromatic nitrogens is 1. The molecule has 0 amide bonds. The number of thioether (sulfide) groups is 1. The van der Waals surface area contributed by atoms with Crippen molar-refractivity contribution in [1.29, 1.82) is 0 Å². The summed E-state index contributed by atoms with van der Waals surface area (Å²) < 4.78 is 1.05. The van der Waals surface area contributed by atoms with Gasteiger partial charge in [-0.15, -0.1) is 11.3 Å². The fourth-order valence-corrected chi connectivity index (χ4v) is 3.97. The van der Waals surface area contributed by atoms with Crippen LogP contribution in [-0.4, -0.2) is 11.0 Å². The zero-order valence-corrected chi connectivity index (χ0v) is 12.6. The van der Waals surface area contributed by atoms with Crippen molar-refractivity contribution in [1.82, 2.24) is 4.98 Å². The summed E-state index contributed by atoms with van der Waals surface area (Å²) >= 11 is 9.40. The second-order valence-corrected chi connectivity index (χ2v) is 6.89. The Morgan fingerprint density at radius 1 is 1.44 bits per heavy atom. The summed E-state index contributed by atoms with van der Waals surface area (Å²) in [6.45, 7) is 4.01. The second kappa shape index (κ2) is 6.06. The number of benzene rings is 1. The minimum atomic E-state index is 0.0395. The van der Waals surface area contributed by atoms with Crippen LogP contribution in [0.3, 0.4) is 0 Å². The lowest BCUT2D eigenvalue weighted by molar-refractivity contribution is 0.721. The van der Waals surface area contributed by atoms with Crippen molar-refractivity contribution in [3.05, 3.63) is 45.9 Å². The quantitative estimate of drug-likeness (QED) is 0.856. The minimum Gasteiger partial charge on any atom is -0.327 e. The highest BCUT2D eigenvalue weighted by Gasteiger charge is 2.19. The Kier molecular flexibility index (Phi) is 4.67. The average molecular weight is 299 g/mol. The van der Waals surface area contributed by atoms with Gasteiger partial charge in [0.25, 0.3) is 0 Å². The maximum Gasteiger partial charge on any atom is 0.150 e. The van der Waals surface area contributed by atoms with Gasteiger partial charge in [0.1, 0.15) is 0 Å². The number of halogens is 1. The van der Waals surface area contributed by atoms with E-state index in [1.807, 2.05) is 32.0 Å². The van der Waals surface area contributed by atoms with Gasteiger partial charge in [-0.3, -0.25) is 0 Å². The predicted molar refractivity (Wildman–Crippen MR) is 80.6 cm³/mol. The van der Waals surface area contributed by atoms with Gasteiger partial charge >= 0.3 is 0 Å². The van der Waals surface area contributed by atoms with E-state index in [-0.39, 0.29) is 11.3 Å². The first-order valence-corrected chi connectivity index (χ1v) is 7.80. The Labute approximate surface area is 121 Å². The highest BCUT2D eigenvalue weighted by molar-refractivity contribution is 8.01. The van der Waals surface area contributed by atoms with E-state index < -0.39 is 0 Å². The normalized spacial score (nSPS) is 14.4. The minimum absolute atomic E-state index is 0.0395. The van der Waals surface area contributed by atoms with Crippen LogP contribution >= 0.6 is 34.7 Å². The third-order valence-corrected chi connectivity index (χ3v) is 5.29. The van der Waals surface area contributed by atoms with Crippen LogP contribution in [0, 0.1) is 6.92 Å². The molecule has 18 heavy (non-hydrogen) atoms. The molecule has 2 aromatic rings. The first-order chi connectivity index (χ1) is 8.56. The zero-order valence-electron chi connectivity index (χ0n) is 10.3. The lowest BCUT2D eigenvalue weighted by Crippen LogP contribution is -2.22. The second-order valence-electron chi connectivity index (χ2n) is 4.21. The number of nitrogens with zero attached hydrogens (tertiary/aromatic N) is 1. The molecule has 96 valence electrons. The Bertz CT molecular complexity index is 525. The fourth-order valence-electron chi connectivity index (χ4n) is 1.66. The predicted octanol–water partition coefficient (Wildman–Crippen LogP) is 4.29. The van der Waals surface area contributed by atoms with Gasteiger partial charge in [-0.25, -0.2) is 4.98 Å². The summed E-state index contributed by atoms with van der Waals surface area (Å²) in [7, 11) is 0. The van der Waals surface area contributed by atoms with Crippen LogP contribution in [0.5, 0.6) is 0 Å². The van der Waals surface area contributed by atoms with E-state index >= 15 is 0 Å². The standard InChI is InChI=1S/C13H15ClN2S2/c1-8-7-17-13(16-8)18-12(9(2)15)10-4-3-5-11(14)6-10/h3-7,9,12H,15H2,1-2H3. The summed E-state index contributed by atoms with van der Waals surface area (Å²) in [6, 6.07) is 7.91. The molecule has 0 saturated carbocycles. The Hall–Kier alpha value is -0.550. The molecule has 0 radical (unpaired) electrons. The summed E-state index contributed by atoms with van der Waals surface area (Å²) in [5.41, 5.74) is 8.29. The van der Waals surface area contributed by atoms with Gasteiger partial charge in [-0.05, 0) is 31.5 Å². The zero-order chi connectivity index (χ0) is 13.1. The monoisotopic (exact) mass is 298 g/mol. The fraction of sp³-hybridized carbons (Fsp3) is 0.308. The van der Waals surface area contributed by atoms with Crippen LogP contribution in [0.4, 0.5) is 0 Å². The van der Waals surface area contributed by atoms with E-state index in [1.54, 1.807) is 23.1 Å². The molecule has 0 saturated heterocycles. The summed E-state index contributed by atoms with van der Waals surface area (Å²) in [5.74, 6) is 0. The largest absolute Gasteiger partial charge is 0.327 e. The van der Waals surface area contributed by atoms with Crippen LogP contribution < -0.4 is 5.73 Å². The number of rotatable bonds is 4. The average Bonchev–Trinajstić information content (AvgIpc) is 2.71. The number of hydrogen-bond acceptors (Lipinski definition) is 4. The number of thiazole rings is 1. The van der Waals surface area contributed by atoms with E-state index in [4.69, 9.17) is 17.3 Å². The van der Waals surface area contributed by atoms with Crippen molar-refractivity contribution in [2.75, 3.05) is 0 Å². The van der Waals surface area contributed by atoms with E-state index in [0.717, 1.165) is 20.6 Å². The molecular formula is C13H15ClN2S2. The van der Waals surface area contributed by atoms with E-state index in [1.165, 1.54) is 0 Å². The van der Waals surface area contributed by atoms with Crippen LogP contribution in [-0.2, 0) is 0 Å². The molecule has 2 nitrogen and oxygen atoms in total. The number of nitrogens with two attached hydrogens (primary N) is 1. The van der Waals surface area contributed by atoms with Crippen molar-refractivity contribution in [2.24, 2.45) is 5.73 Å². The van der Waals surface area contributed by atoms with Crippen molar-refractivity contribution >= 4 is 34.7 Å². The van der Waals surface area contributed by atoms with Crippen molar-refractivity contribution in [2.45, 2.75) is 29.5 Å². The molecule has 2 unspecified atom stereocenters. The van der Waals surface area contributed by atoms with Gasteiger partial charge in [-0.2, -0.15) is 0 Å². The SMILES string of the molecule is Cc1csc(SC(c2cccc(Cl)c2)C(C)N)n1. The topological polar surface area (TPSA) is 38.9 Å². The number of aryl methyl sites for hydroxylation is 1. The lowest BCUT2D eigenvalue weighted by Gasteiger charge is -2.19. The van der Waals surface area contributed by atoms with E-state index in [9.17, 15) is 0 Å². The van der Waals surface area contributed by atoms with Crippen LogP contribution in [0.15, 0.2) is 34.0 Å². The molecule has 0 aliphatic rings. The molecular weight excluding hydrogens is 284 g/mol. The molecule has 0 fully saturated rings.